The van der Waals surface area contributed by atoms with Crippen molar-refractivity contribution in [3.8, 4) is 0 Å². The third kappa shape index (κ3) is 4.23. The van der Waals surface area contributed by atoms with Crippen molar-refractivity contribution >= 4 is 17.3 Å². The molecule has 20 heavy (non-hydrogen) atoms. The molecule has 4 heteroatoms. The Bertz CT molecular complexity index is 440. The molecule has 4 nitrogen and oxygen atoms in total. The predicted molar refractivity (Wildman–Crippen MR) is 82.2 cm³/mol. The van der Waals surface area contributed by atoms with Gasteiger partial charge in [0, 0.05) is 19.5 Å². The van der Waals surface area contributed by atoms with E-state index in [-0.39, 0.29) is 5.91 Å². The summed E-state index contributed by atoms with van der Waals surface area (Å²) in [5.74, 6) is 0.648. The monoisotopic (exact) mass is 276 g/mol. The SMILES string of the molecule is CC(C)CCC(=O)Nc1ccccc1N1CCOCC1. The summed E-state index contributed by atoms with van der Waals surface area (Å²) in [6.45, 7) is 7.51. The number of nitrogens with one attached hydrogen (secondary N) is 1. The van der Waals surface area contributed by atoms with Gasteiger partial charge in [-0.25, -0.2) is 0 Å². The number of carbonyl (C=O) groups excluding carboxylic acids is 1. The van der Waals surface area contributed by atoms with Crippen molar-refractivity contribution < 1.29 is 9.53 Å². The van der Waals surface area contributed by atoms with Crippen molar-refractivity contribution in [2.45, 2.75) is 26.7 Å². The number of ether oxygens (including phenoxy) is 1. The third-order valence-electron chi connectivity index (χ3n) is 3.48. The molecule has 1 aromatic carbocycles. The van der Waals surface area contributed by atoms with Crippen LogP contribution in [0.3, 0.4) is 0 Å². The van der Waals surface area contributed by atoms with E-state index in [1.165, 1.54) is 0 Å². The van der Waals surface area contributed by atoms with Crippen molar-refractivity contribution in [3.63, 3.8) is 0 Å². The highest BCUT2D eigenvalue weighted by Gasteiger charge is 2.15. The summed E-state index contributed by atoms with van der Waals surface area (Å²) >= 11 is 0. The molecule has 110 valence electrons. The Morgan fingerprint density at radius 3 is 2.70 bits per heavy atom. The zero-order chi connectivity index (χ0) is 14.4. The van der Waals surface area contributed by atoms with Crippen molar-refractivity contribution in [2.24, 2.45) is 5.92 Å². The summed E-state index contributed by atoms with van der Waals surface area (Å²) in [6, 6.07) is 8.00. The Morgan fingerprint density at radius 1 is 1.30 bits per heavy atom. The van der Waals surface area contributed by atoms with E-state index in [1.54, 1.807) is 0 Å². The number of carbonyl (C=O) groups is 1. The quantitative estimate of drug-likeness (QED) is 0.899. The number of para-hydroxylation sites is 2. The highest BCUT2D eigenvalue weighted by Crippen LogP contribution is 2.26. The molecule has 1 aliphatic rings. The van der Waals surface area contributed by atoms with Gasteiger partial charge in [-0.05, 0) is 24.5 Å². The largest absolute Gasteiger partial charge is 0.378 e. The Labute approximate surface area is 121 Å². The zero-order valence-electron chi connectivity index (χ0n) is 12.4. The first-order valence-electron chi connectivity index (χ1n) is 7.38. The first-order chi connectivity index (χ1) is 9.66. The average Bonchev–Trinajstić information content (AvgIpc) is 2.47. The minimum absolute atomic E-state index is 0.0967. The maximum absolute atomic E-state index is 12.0. The van der Waals surface area contributed by atoms with Crippen LogP contribution in [0.2, 0.25) is 0 Å². The van der Waals surface area contributed by atoms with Gasteiger partial charge in [0.2, 0.25) is 5.91 Å². The number of hydrogen-bond donors (Lipinski definition) is 1. The summed E-state index contributed by atoms with van der Waals surface area (Å²) < 4.78 is 5.38. The van der Waals surface area contributed by atoms with Crippen molar-refractivity contribution in [1.29, 1.82) is 0 Å². The molecule has 0 atom stereocenters. The van der Waals surface area contributed by atoms with Crippen LogP contribution < -0.4 is 10.2 Å². The van der Waals surface area contributed by atoms with Crippen LogP contribution in [0, 0.1) is 5.92 Å². The lowest BCUT2D eigenvalue weighted by Crippen LogP contribution is -2.36. The van der Waals surface area contributed by atoms with Gasteiger partial charge >= 0.3 is 0 Å². The molecule has 1 N–H and O–H groups in total. The second-order valence-corrected chi connectivity index (χ2v) is 5.60. The number of amides is 1. The van der Waals surface area contributed by atoms with E-state index < -0.39 is 0 Å². The predicted octanol–water partition coefficient (Wildman–Crippen LogP) is 2.90. The number of nitrogens with zero attached hydrogens (tertiary/aromatic N) is 1. The molecule has 2 rings (SSSR count). The molecule has 0 radical (unpaired) electrons. The topological polar surface area (TPSA) is 41.6 Å². The normalized spacial score (nSPS) is 15.4. The Kier molecular flexibility index (Phi) is 5.41. The van der Waals surface area contributed by atoms with E-state index in [1.807, 2.05) is 18.2 Å². The van der Waals surface area contributed by atoms with E-state index in [2.05, 4.69) is 30.1 Å². The van der Waals surface area contributed by atoms with Gasteiger partial charge in [-0.2, -0.15) is 0 Å². The summed E-state index contributed by atoms with van der Waals surface area (Å²) in [5, 5.41) is 3.04. The minimum atomic E-state index is 0.0967. The molecular formula is C16H24N2O2. The van der Waals surface area contributed by atoms with E-state index in [9.17, 15) is 4.79 Å². The molecule has 0 saturated carbocycles. The van der Waals surface area contributed by atoms with E-state index >= 15 is 0 Å². The molecule has 1 aromatic rings. The van der Waals surface area contributed by atoms with Gasteiger partial charge < -0.3 is 15.0 Å². The Hall–Kier alpha value is -1.55. The van der Waals surface area contributed by atoms with Crippen molar-refractivity contribution in [1.82, 2.24) is 0 Å². The van der Waals surface area contributed by atoms with Crippen molar-refractivity contribution in [3.05, 3.63) is 24.3 Å². The second-order valence-electron chi connectivity index (χ2n) is 5.60. The highest BCUT2D eigenvalue weighted by atomic mass is 16.5. The average molecular weight is 276 g/mol. The Balaban J connectivity index is 2.01. The maximum Gasteiger partial charge on any atom is 0.224 e. The molecular weight excluding hydrogens is 252 g/mol. The molecule has 1 amide bonds. The molecule has 0 spiro atoms. The highest BCUT2D eigenvalue weighted by molar-refractivity contribution is 5.94. The van der Waals surface area contributed by atoms with Crippen LogP contribution in [-0.2, 0) is 9.53 Å². The molecule has 0 unspecified atom stereocenters. The van der Waals surface area contributed by atoms with Crippen LogP contribution in [0.25, 0.3) is 0 Å². The zero-order valence-corrected chi connectivity index (χ0v) is 12.4. The van der Waals surface area contributed by atoms with E-state index in [0.29, 0.717) is 12.3 Å². The molecule has 0 aliphatic carbocycles. The van der Waals surface area contributed by atoms with Gasteiger partial charge in [0.15, 0.2) is 0 Å². The van der Waals surface area contributed by atoms with Gasteiger partial charge in [0.05, 0.1) is 24.6 Å². The molecule has 0 aromatic heterocycles. The standard InChI is InChI=1S/C16H24N2O2/c1-13(2)7-8-16(19)17-14-5-3-4-6-15(14)18-9-11-20-12-10-18/h3-6,13H,7-12H2,1-2H3,(H,17,19). The first kappa shape index (κ1) is 14.9. The fourth-order valence-electron chi connectivity index (χ4n) is 2.29. The van der Waals surface area contributed by atoms with E-state index in [0.717, 1.165) is 44.1 Å². The lowest BCUT2D eigenvalue weighted by atomic mass is 10.1. The maximum atomic E-state index is 12.0. The first-order valence-corrected chi connectivity index (χ1v) is 7.38. The number of anilines is 2. The summed E-state index contributed by atoms with van der Waals surface area (Å²) in [4.78, 5) is 14.3. The summed E-state index contributed by atoms with van der Waals surface area (Å²) in [5.41, 5.74) is 2.00. The van der Waals surface area contributed by atoms with E-state index in [4.69, 9.17) is 4.74 Å². The van der Waals surface area contributed by atoms with Crippen LogP contribution in [0.4, 0.5) is 11.4 Å². The van der Waals surface area contributed by atoms with Crippen molar-refractivity contribution in [2.75, 3.05) is 36.5 Å². The van der Waals surface area contributed by atoms with Gasteiger partial charge in [0.25, 0.3) is 0 Å². The lowest BCUT2D eigenvalue weighted by Gasteiger charge is -2.30. The molecule has 1 saturated heterocycles. The number of morpholine rings is 1. The van der Waals surface area contributed by atoms with Gasteiger partial charge in [0.1, 0.15) is 0 Å². The van der Waals surface area contributed by atoms with Crippen LogP contribution in [0.15, 0.2) is 24.3 Å². The second kappa shape index (κ2) is 7.29. The Morgan fingerprint density at radius 2 is 2.00 bits per heavy atom. The fraction of sp³-hybridized carbons (Fsp3) is 0.562. The van der Waals surface area contributed by atoms with Gasteiger partial charge in [-0.1, -0.05) is 26.0 Å². The number of hydrogen-bond acceptors (Lipinski definition) is 3. The summed E-state index contributed by atoms with van der Waals surface area (Å²) in [6.07, 6.45) is 1.50. The molecule has 1 fully saturated rings. The molecule has 0 bridgehead atoms. The van der Waals surface area contributed by atoms with Gasteiger partial charge in [-0.3, -0.25) is 4.79 Å². The van der Waals surface area contributed by atoms with Crippen LogP contribution >= 0.6 is 0 Å². The van der Waals surface area contributed by atoms with Crippen LogP contribution in [0.5, 0.6) is 0 Å². The van der Waals surface area contributed by atoms with Gasteiger partial charge in [-0.15, -0.1) is 0 Å². The fourth-order valence-corrected chi connectivity index (χ4v) is 2.29. The van der Waals surface area contributed by atoms with Crippen LogP contribution in [-0.4, -0.2) is 32.2 Å². The molecule has 1 aliphatic heterocycles. The number of rotatable bonds is 5. The minimum Gasteiger partial charge on any atom is -0.378 e. The lowest BCUT2D eigenvalue weighted by molar-refractivity contribution is -0.116. The third-order valence-corrected chi connectivity index (χ3v) is 3.48. The summed E-state index contributed by atoms with van der Waals surface area (Å²) in [7, 11) is 0. The smallest absolute Gasteiger partial charge is 0.224 e. The number of benzene rings is 1. The molecule has 1 heterocycles. The van der Waals surface area contributed by atoms with Crippen LogP contribution in [0.1, 0.15) is 26.7 Å².